The summed E-state index contributed by atoms with van der Waals surface area (Å²) in [6, 6.07) is 13.4. The summed E-state index contributed by atoms with van der Waals surface area (Å²) in [7, 11) is 0. The highest BCUT2D eigenvalue weighted by Gasteiger charge is 2.16. The van der Waals surface area contributed by atoms with Gasteiger partial charge in [0.2, 0.25) is 0 Å². The molecule has 0 fully saturated rings. The first kappa shape index (κ1) is 18.6. The molecule has 2 aromatic carbocycles. The van der Waals surface area contributed by atoms with E-state index in [0.717, 1.165) is 24.1 Å². The van der Waals surface area contributed by atoms with Crippen LogP contribution in [0.3, 0.4) is 0 Å². The van der Waals surface area contributed by atoms with E-state index in [0.29, 0.717) is 15.7 Å². The highest BCUT2D eigenvalue weighted by atomic mass is 35.5. The summed E-state index contributed by atoms with van der Waals surface area (Å²) in [6.45, 7) is 6.35. The number of nitrogens with one attached hydrogen (secondary N) is 1. The van der Waals surface area contributed by atoms with Crippen molar-refractivity contribution in [2.24, 2.45) is 0 Å². The summed E-state index contributed by atoms with van der Waals surface area (Å²) in [6.07, 6.45) is 1.96. The molecule has 0 unspecified atom stereocenters. The van der Waals surface area contributed by atoms with Gasteiger partial charge in [0.25, 0.3) is 5.91 Å². The lowest BCUT2D eigenvalue weighted by Crippen LogP contribution is -2.12. The zero-order valence-electron chi connectivity index (χ0n) is 15.1. The molecule has 134 valence electrons. The molecular weight excluding hydrogens is 364 g/mol. The Morgan fingerprint density at radius 1 is 1.15 bits per heavy atom. The van der Waals surface area contributed by atoms with Gasteiger partial charge in [-0.05, 0) is 49.6 Å². The van der Waals surface area contributed by atoms with Crippen molar-refractivity contribution in [3.63, 3.8) is 0 Å². The Morgan fingerprint density at radius 2 is 1.92 bits per heavy atom. The van der Waals surface area contributed by atoms with Gasteiger partial charge in [-0.2, -0.15) is 0 Å². The fourth-order valence-corrected chi connectivity index (χ4v) is 4.03. The number of rotatable bonds is 5. The number of carbonyl (C=O) groups excluding carboxylic acids is 1. The summed E-state index contributed by atoms with van der Waals surface area (Å²) in [5.41, 5.74) is 4.99. The maximum Gasteiger partial charge on any atom is 0.258 e. The predicted octanol–water partition coefficient (Wildman–Crippen LogP) is 6.29. The van der Waals surface area contributed by atoms with Crippen molar-refractivity contribution in [3.05, 3.63) is 69.1 Å². The molecule has 0 spiro atoms. The van der Waals surface area contributed by atoms with Gasteiger partial charge in [-0.1, -0.05) is 49.2 Å². The SMILES string of the molecule is CCCc1sc(NC(=O)c2ccccc2Cl)nc1-c1ccc(C)c(C)c1. The highest BCUT2D eigenvalue weighted by Crippen LogP contribution is 2.33. The van der Waals surface area contributed by atoms with E-state index in [1.165, 1.54) is 27.3 Å². The van der Waals surface area contributed by atoms with E-state index in [4.69, 9.17) is 16.6 Å². The van der Waals surface area contributed by atoms with E-state index < -0.39 is 0 Å². The molecule has 0 aliphatic rings. The monoisotopic (exact) mass is 384 g/mol. The number of carbonyl (C=O) groups is 1. The molecule has 26 heavy (non-hydrogen) atoms. The number of hydrogen-bond acceptors (Lipinski definition) is 3. The molecule has 0 saturated heterocycles. The van der Waals surface area contributed by atoms with Crippen molar-refractivity contribution in [3.8, 4) is 11.3 Å². The van der Waals surface area contributed by atoms with Gasteiger partial charge in [-0.25, -0.2) is 4.98 Å². The maximum absolute atomic E-state index is 12.5. The second-order valence-corrected chi connectivity index (χ2v) is 7.76. The number of aromatic nitrogens is 1. The molecule has 0 radical (unpaired) electrons. The van der Waals surface area contributed by atoms with E-state index in [2.05, 4.69) is 44.3 Å². The number of aryl methyl sites for hydroxylation is 3. The van der Waals surface area contributed by atoms with E-state index in [9.17, 15) is 4.79 Å². The molecule has 0 aliphatic heterocycles. The van der Waals surface area contributed by atoms with Gasteiger partial charge < -0.3 is 0 Å². The van der Waals surface area contributed by atoms with Crippen LogP contribution in [0.4, 0.5) is 5.13 Å². The van der Waals surface area contributed by atoms with Crippen molar-refractivity contribution >= 4 is 34.0 Å². The third-order valence-corrected chi connectivity index (χ3v) is 5.65. The Bertz CT molecular complexity index is 949. The maximum atomic E-state index is 12.5. The zero-order chi connectivity index (χ0) is 18.7. The number of halogens is 1. The molecule has 0 bridgehead atoms. The minimum atomic E-state index is -0.237. The predicted molar refractivity (Wildman–Crippen MR) is 110 cm³/mol. The zero-order valence-corrected chi connectivity index (χ0v) is 16.7. The topological polar surface area (TPSA) is 42.0 Å². The quantitative estimate of drug-likeness (QED) is 0.562. The Morgan fingerprint density at radius 3 is 2.62 bits per heavy atom. The van der Waals surface area contributed by atoms with E-state index >= 15 is 0 Å². The fourth-order valence-electron chi connectivity index (χ4n) is 2.73. The Balaban J connectivity index is 1.93. The van der Waals surface area contributed by atoms with Crippen LogP contribution in [0.5, 0.6) is 0 Å². The third-order valence-electron chi connectivity index (χ3n) is 4.29. The second kappa shape index (κ2) is 8.02. The largest absolute Gasteiger partial charge is 0.298 e. The molecule has 0 saturated carbocycles. The number of hydrogen-bond donors (Lipinski definition) is 1. The first-order valence-corrected chi connectivity index (χ1v) is 9.82. The van der Waals surface area contributed by atoms with Crippen molar-refractivity contribution in [1.29, 1.82) is 0 Å². The molecule has 3 rings (SSSR count). The fraction of sp³-hybridized carbons (Fsp3) is 0.238. The molecule has 0 aliphatic carbocycles. The number of amides is 1. The molecule has 3 aromatic rings. The van der Waals surface area contributed by atoms with E-state index in [1.54, 1.807) is 24.3 Å². The summed E-state index contributed by atoms with van der Waals surface area (Å²) in [4.78, 5) is 18.4. The standard InChI is InChI=1S/C21H21ClN2OS/c1-4-7-18-19(15-11-10-13(2)14(3)12-15)23-21(26-18)24-20(25)16-8-5-6-9-17(16)22/h5-6,8-12H,4,7H2,1-3H3,(H,23,24,25). The van der Waals surface area contributed by atoms with Crippen LogP contribution in [0.1, 0.15) is 39.7 Å². The molecular formula is C21H21ClN2OS. The van der Waals surface area contributed by atoms with Crippen molar-refractivity contribution in [1.82, 2.24) is 4.98 Å². The van der Waals surface area contributed by atoms with Gasteiger partial charge in [0.05, 0.1) is 16.3 Å². The molecule has 1 amide bonds. The van der Waals surface area contributed by atoms with Gasteiger partial charge in [-0.3, -0.25) is 10.1 Å². The number of thiazole rings is 1. The van der Waals surface area contributed by atoms with Crippen LogP contribution >= 0.6 is 22.9 Å². The van der Waals surface area contributed by atoms with Crippen LogP contribution in [-0.2, 0) is 6.42 Å². The van der Waals surface area contributed by atoms with Crippen LogP contribution < -0.4 is 5.32 Å². The van der Waals surface area contributed by atoms with Gasteiger partial charge in [0.15, 0.2) is 5.13 Å². The third kappa shape index (κ3) is 3.97. The van der Waals surface area contributed by atoms with Gasteiger partial charge in [0, 0.05) is 10.4 Å². The summed E-state index contributed by atoms with van der Waals surface area (Å²) in [5, 5.41) is 3.94. The minimum absolute atomic E-state index is 0.237. The molecule has 1 heterocycles. The molecule has 5 heteroatoms. The number of anilines is 1. The average Bonchev–Trinajstić information content (AvgIpc) is 3.00. The van der Waals surface area contributed by atoms with Crippen LogP contribution in [0.2, 0.25) is 5.02 Å². The minimum Gasteiger partial charge on any atom is -0.298 e. The van der Waals surface area contributed by atoms with Gasteiger partial charge in [0.1, 0.15) is 0 Å². The lowest BCUT2D eigenvalue weighted by molar-refractivity contribution is 0.102. The lowest BCUT2D eigenvalue weighted by Gasteiger charge is -2.05. The molecule has 0 atom stereocenters. The summed E-state index contributed by atoms with van der Waals surface area (Å²) in [5.74, 6) is -0.237. The first-order valence-electron chi connectivity index (χ1n) is 8.62. The number of nitrogens with zero attached hydrogens (tertiary/aromatic N) is 1. The Labute approximate surface area is 163 Å². The second-order valence-electron chi connectivity index (χ2n) is 6.27. The van der Waals surface area contributed by atoms with Gasteiger partial charge >= 0.3 is 0 Å². The van der Waals surface area contributed by atoms with Crippen molar-refractivity contribution < 1.29 is 4.79 Å². The molecule has 1 N–H and O–H groups in total. The van der Waals surface area contributed by atoms with Gasteiger partial charge in [-0.15, -0.1) is 11.3 Å². The highest BCUT2D eigenvalue weighted by molar-refractivity contribution is 7.16. The average molecular weight is 385 g/mol. The van der Waals surface area contributed by atoms with E-state index in [1.807, 2.05) is 0 Å². The normalized spacial score (nSPS) is 10.8. The van der Waals surface area contributed by atoms with Crippen LogP contribution in [-0.4, -0.2) is 10.9 Å². The lowest BCUT2D eigenvalue weighted by atomic mass is 10.0. The van der Waals surface area contributed by atoms with Crippen LogP contribution in [0, 0.1) is 13.8 Å². The molecule has 1 aromatic heterocycles. The van der Waals surface area contributed by atoms with Crippen LogP contribution in [0.25, 0.3) is 11.3 Å². The summed E-state index contributed by atoms with van der Waals surface area (Å²) >= 11 is 7.65. The van der Waals surface area contributed by atoms with Crippen LogP contribution in [0.15, 0.2) is 42.5 Å². The van der Waals surface area contributed by atoms with E-state index in [-0.39, 0.29) is 5.91 Å². The Kier molecular flexibility index (Phi) is 5.74. The Hall–Kier alpha value is -2.17. The summed E-state index contributed by atoms with van der Waals surface area (Å²) < 4.78 is 0. The number of benzene rings is 2. The van der Waals surface area contributed by atoms with Crippen molar-refractivity contribution in [2.75, 3.05) is 5.32 Å². The molecule has 3 nitrogen and oxygen atoms in total. The smallest absolute Gasteiger partial charge is 0.258 e. The van der Waals surface area contributed by atoms with Crippen molar-refractivity contribution in [2.45, 2.75) is 33.6 Å². The first-order chi connectivity index (χ1) is 12.5.